The van der Waals surface area contributed by atoms with Crippen molar-refractivity contribution >= 4 is 39.0 Å². The molecule has 0 N–H and O–H groups in total. The molecular formula is C16H19ClN2O4S. The SMILES string of the molecule is CS(=O)(=O)N1CCC(C(=O)N2CCC(=O)c3cc(Cl)ccc32)CC1. The lowest BCUT2D eigenvalue weighted by atomic mass is 9.93. The van der Waals surface area contributed by atoms with Gasteiger partial charge in [0.1, 0.15) is 0 Å². The van der Waals surface area contributed by atoms with Gasteiger partial charge in [0, 0.05) is 42.6 Å². The first-order valence-corrected chi connectivity index (χ1v) is 10.1. The number of benzene rings is 1. The van der Waals surface area contributed by atoms with Gasteiger partial charge in [-0.1, -0.05) is 11.6 Å². The third kappa shape index (κ3) is 3.34. The number of amides is 1. The molecule has 0 bridgehead atoms. The third-order valence-electron chi connectivity index (χ3n) is 4.65. The van der Waals surface area contributed by atoms with Crippen molar-refractivity contribution in [3.05, 3.63) is 28.8 Å². The van der Waals surface area contributed by atoms with Gasteiger partial charge in [0.25, 0.3) is 0 Å². The maximum absolute atomic E-state index is 12.9. The van der Waals surface area contributed by atoms with Crippen molar-refractivity contribution in [2.75, 3.05) is 30.8 Å². The second-order valence-corrected chi connectivity index (χ2v) is 8.68. The largest absolute Gasteiger partial charge is 0.311 e. The second-order valence-electron chi connectivity index (χ2n) is 6.26. The maximum atomic E-state index is 12.9. The zero-order valence-electron chi connectivity index (χ0n) is 13.4. The van der Waals surface area contributed by atoms with Gasteiger partial charge in [-0.2, -0.15) is 0 Å². The van der Waals surface area contributed by atoms with Crippen molar-refractivity contribution in [3.8, 4) is 0 Å². The van der Waals surface area contributed by atoms with E-state index in [0.29, 0.717) is 48.7 Å². The maximum Gasteiger partial charge on any atom is 0.230 e. The minimum Gasteiger partial charge on any atom is -0.311 e. The minimum absolute atomic E-state index is 0.0107. The van der Waals surface area contributed by atoms with Crippen molar-refractivity contribution in [1.29, 1.82) is 0 Å². The van der Waals surface area contributed by atoms with Gasteiger partial charge in [0.15, 0.2) is 5.78 Å². The van der Waals surface area contributed by atoms with Crippen LogP contribution in [0.4, 0.5) is 5.69 Å². The van der Waals surface area contributed by atoms with Crippen molar-refractivity contribution in [2.45, 2.75) is 19.3 Å². The molecule has 2 aliphatic rings. The standard InChI is InChI=1S/C16H19ClN2O4S/c1-24(22,23)18-7-4-11(5-8-18)16(21)19-9-6-15(20)13-10-12(17)2-3-14(13)19/h2-3,10-11H,4-9H2,1H3. The summed E-state index contributed by atoms with van der Waals surface area (Å²) in [6, 6.07) is 4.98. The molecule has 130 valence electrons. The first-order chi connectivity index (χ1) is 11.3. The molecule has 0 radical (unpaired) electrons. The number of nitrogens with zero attached hydrogens (tertiary/aromatic N) is 2. The number of carbonyl (C=O) groups is 2. The van der Waals surface area contributed by atoms with Crippen molar-refractivity contribution < 1.29 is 18.0 Å². The van der Waals surface area contributed by atoms with E-state index in [1.165, 1.54) is 10.6 Å². The summed E-state index contributed by atoms with van der Waals surface area (Å²) in [6.07, 6.45) is 2.46. The van der Waals surface area contributed by atoms with E-state index >= 15 is 0 Å². The second kappa shape index (κ2) is 6.46. The van der Waals surface area contributed by atoms with E-state index in [2.05, 4.69) is 0 Å². The number of hydrogen-bond acceptors (Lipinski definition) is 4. The van der Waals surface area contributed by atoms with E-state index in [1.54, 1.807) is 23.1 Å². The summed E-state index contributed by atoms with van der Waals surface area (Å²) in [4.78, 5) is 26.6. The number of Topliss-reactive ketones (excluding diaryl/α,β-unsaturated/α-hetero) is 1. The van der Waals surface area contributed by atoms with E-state index in [0.717, 1.165) is 0 Å². The van der Waals surface area contributed by atoms with Gasteiger partial charge < -0.3 is 4.90 Å². The number of ketones is 1. The molecule has 0 unspecified atom stereocenters. The first-order valence-electron chi connectivity index (χ1n) is 7.86. The van der Waals surface area contributed by atoms with Crippen LogP contribution in [0.2, 0.25) is 5.02 Å². The number of fused-ring (bicyclic) bond motifs is 1. The van der Waals surface area contributed by atoms with Crippen LogP contribution in [0, 0.1) is 5.92 Å². The van der Waals surface area contributed by atoms with Crippen molar-refractivity contribution in [1.82, 2.24) is 4.31 Å². The molecule has 1 fully saturated rings. The normalized spacial score (nSPS) is 20.1. The van der Waals surface area contributed by atoms with E-state index in [-0.39, 0.29) is 24.0 Å². The van der Waals surface area contributed by atoms with Gasteiger partial charge >= 0.3 is 0 Å². The molecule has 1 aromatic rings. The highest BCUT2D eigenvalue weighted by Crippen LogP contribution is 2.32. The van der Waals surface area contributed by atoms with Crippen LogP contribution < -0.4 is 4.90 Å². The Morgan fingerprint density at radius 3 is 2.50 bits per heavy atom. The molecule has 0 atom stereocenters. The molecule has 1 saturated heterocycles. The van der Waals surface area contributed by atoms with Crippen LogP contribution in [0.25, 0.3) is 0 Å². The Balaban J connectivity index is 1.78. The summed E-state index contributed by atoms with van der Waals surface area (Å²) < 4.78 is 24.6. The minimum atomic E-state index is -3.21. The van der Waals surface area contributed by atoms with Crippen molar-refractivity contribution in [2.24, 2.45) is 5.92 Å². The van der Waals surface area contributed by atoms with Crippen LogP contribution in [-0.2, 0) is 14.8 Å². The zero-order valence-corrected chi connectivity index (χ0v) is 14.9. The molecule has 0 aliphatic carbocycles. The average Bonchev–Trinajstić information content (AvgIpc) is 2.54. The molecule has 1 amide bonds. The summed E-state index contributed by atoms with van der Waals surface area (Å²) in [6.45, 7) is 1.07. The molecule has 24 heavy (non-hydrogen) atoms. The van der Waals surface area contributed by atoms with Gasteiger partial charge in [-0.25, -0.2) is 12.7 Å². The quantitative estimate of drug-likeness (QED) is 0.797. The van der Waals surface area contributed by atoms with Crippen LogP contribution in [-0.4, -0.2) is 50.3 Å². The molecule has 0 aromatic heterocycles. The van der Waals surface area contributed by atoms with Crippen LogP contribution in [0.15, 0.2) is 18.2 Å². The lowest BCUT2D eigenvalue weighted by Gasteiger charge is -2.35. The third-order valence-corrected chi connectivity index (χ3v) is 6.19. The molecule has 0 saturated carbocycles. The number of rotatable bonds is 2. The Labute approximate surface area is 146 Å². The fourth-order valence-corrected chi connectivity index (χ4v) is 4.37. The number of hydrogen-bond donors (Lipinski definition) is 0. The van der Waals surface area contributed by atoms with Crippen molar-refractivity contribution in [3.63, 3.8) is 0 Å². The van der Waals surface area contributed by atoms with Crippen LogP contribution in [0.1, 0.15) is 29.6 Å². The number of piperidine rings is 1. The number of sulfonamides is 1. The van der Waals surface area contributed by atoms with Gasteiger partial charge in [-0.05, 0) is 31.0 Å². The van der Waals surface area contributed by atoms with E-state index in [9.17, 15) is 18.0 Å². The Hall–Kier alpha value is -1.44. The topological polar surface area (TPSA) is 74.8 Å². The highest BCUT2D eigenvalue weighted by Gasteiger charge is 2.34. The summed E-state index contributed by atoms with van der Waals surface area (Å²) in [5.74, 6) is -0.276. The first kappa shape index (κ1) is 17.4. The average molecular weight is 371 g/mol. The highest BCUT2D eigenvalue weighted by molar-refractivity contribution is 7.88. The molecule has 2 heterocycles. The monoisotopic (exact) mass is 370 g/mol. The van der Waals surface area contributed by atoms with E-state index in [4.69, 9.17) is 11.6 Å². The lowest BCUT2D eigenvalue weighted by Crippen LogP contribution is -2.46. The molecule has 8 heteroatoms. The summed E-state index contributed by atoms with van der Waals surface area (Å²) in [5.41, 5.74) is 1.09. The van der Waals surface area contributed by atoms with E-state index < -0.39 is 10.0 Å². The van der Waals surface area contributed by atoms with Crippen LogP contribution >= 0.6 is 11.6 Å². The Morgan fingerprint density at radius 2 is 1.88 bits per heavy atom. The Morgan fingerprint density at radius 1 is 1.21 bits per heavy atom. The van der Waals surface area contributed by atoms with Crippen LogP contribution in [0.3, 0.4) is 0 Å². The summed E-state index contributed by atoms with van der Waals surface area (Å²) >= 11 is 5.96. The van der Waals surface area contributed by atoms with E-state index in [1.807, 2.05) is 0 Å². The van der Waals surface area contributed by atoms with Gasteiger partial charge in [-0.3, -0.25) is 9.59 Å². The molecular weight excluding hydrogens is 352 g/mol. The number of halogens is 1. The predicted molar refractivity (Wildman–Crippen MR) is 91.9 cm³/mol. The fourth-order valence-electron chi connectivity index (χ4n) is 3.32. The fraction of sp³-hybridized carbons (Fsp3) is 0.500. The summed E-state index contributed by atoms with van der Waals surface area (Å²) in [7, 11) is -3.21. The molecule has 0 spiro atoms. The molecule has 1 aromatic carbocycles. The number of anilines is 1. The Kier molecular flexibility index (Phi) is 4.68. The molecule has 3 rings (SSSR count). The zero-order chi connectivity index (χ0) is 17.5. The smallest absolute Gasteiger partial charge is 0.230 e. The summed E-state index contributed by atoms with van der Waals surface area (Å²) in [5, 5.41) is 0.470. The Bertz CT molecular complexity index is 785. The predicted octanol–water partition coefficient (Wildman–Crippen LogP) is 1.93. The molecule has 2 aliphatic heterocycles. The lowest BCUT2D eigenvalue weighted by molar-refractivity contribution is -0.123. The van der Waals surface area contributed by atoms with Gasteiger partial charge in [0.05, 0.1) is 11.9 Å². The van der Waals surface area contributed by atoms with Gasteiger partial charge in [0.2, 0.25) is 15.9 Å². The highest BCUT2D eigenvalue weighted by atomic mass is 35.5. The van der Waals surface area contributed by atoms with Crippen LogP contribution in [0.5, 0.6) is 0 Å². The molecule has 6 nitrogen and oxygen atoms in total. The number of carbonyl (C=O) groups excluding carboxylic acids is 2. The van der Waals surface area contributed by atoms with Gasteiger partial charge in [-0.15, -0.1) is 0 Å².